The molecule has 0 atom stereocenters. The molecule has 1 N–H and O–H groups in total. The minimum absolute atomic E-state index is 0.190. The standard InChI is InChI=1S/C16H24N4O.C2H4/c1-10(2)13-14(12(5)8-9-19-13)20(16(21)18-7)15(17-6)11(3)4;1-2/h8-10H,6H2,1-5,7H3,(H,18,21);1-2H2. The maximum atomic E-state index is 12.4. The van der Waals surface area contributed by atoms with Crippen LogP contribution < -0.4 is 10.2 Å². The van der Waals surface area contributed by atoms with Crippen molar-refractivity contribution in [1.82, 2.24) is 10.3 Å². The number of aliphatic imine (C=N–C) groups is 1. The fourth-order valence-corrected chi connectivity index (χ4v) is 2.15. The van der Waals surface area contributed by atoms with Crippen molar-refractivity contribution in [2.24, 2.45) is 4.99 Å². The number of hydrogen-bond acceptors (Lipinski definition) is 3. The van der Waals surface area contributed by atoms with Crippen molar-refractivity contribution in [2.75, 3.05) is 11.9 Å². The Morgan fingerprint density at radius 3 is 2.30 bits per heavy atom. The molecule has 5 nitrogen and oxygen atoms in total. The summed E-state index contributed by atoms with van der Waals surface area (Å²) < 4.78 is 0. The molecule has 0 fully saturated rings. The van der Waals surface area contributed by atoms with Gasteiger partial charge in [-0.2, -0.15) is 0 Å². The minimum Gasteiger partial charge on any atom is -0.340 e. The van der Waals surface area contributed by atoms with E-state index in [1.165, 1.54) is 0 Å². The van der Waals surface area contributed by atoms with Gasteiger partial charge < -0.3 is 5.32 Å². The summed E-state index contributed by atoms with van der Waals surface area (Å²) in [5.74, 6) is 0.725. The zero-order valence-electron chi connectivity index (χ0n) is 15.1. The summed E-state index contributed by atoms with van der Waals surface area (Å²) in [4.78, 5) is 22.5. The lowest BCUT2D eigenvalue weighted by Gasteiger charge is -2.27. The fraction of sp³-hybridized carbons (Fsp3) is 0.389. The molecule has 5 heteroatoms. The molecule has 0 aromatic carbocycles. The molecule has 1 aromatic heterocycles. The summed E-state index contributed by atoms with van der Waals surface area (Å²) in [6, 6.07) is 1.64. The van der Waals surface area contributed by atoms with Gasteiger partial charge in [0.1, 0.15) is 5.82 Å². The van der Waals surface area contributed by atoms with Crippen LogP contribution in [0.5, 0.6) is 0 Å². The predicted octanol–water partition coefficient (Wildman–Crippen LogP) is 4.41. The molecule has 0 aliphatic heterocycles. The van der Waals surface area contributed by atoms with E-state index in [1.807, 2.05) is 26.8 Å². The highest BCUT2D eigenvalue weighted by molar-refractivity contribution is 5.96. The van der Waals surface area contributed by atoms with Gasteiger partial charge in [0.2, 0.25) is 0 Å². The van der Waals surface area contributed by atoms with Gasteiger partial charge >= 0.3 is 6.03 Å². The van der Waals surface area contributed by atoms with E-state index in [0.29, 0.717) is 5.82 Å². The second-order valence-electron chi connectivity index (χ2n) is 5.39. The number of carbonyl (C=O) groups is 1. The topological polar surface area (TPSA) is 57.6 Å². The highest BCUT2D eigenvalue weighted by Gasteiger charge is 2.25. The Balaban J connectivity index is 0.00000232. The molecule has 0 saturated carbocycles. The smallest absolute Gasteiger partial charge is 0.327 e. The van der Waals surface area contributed by atoms with Crippen LogP contribution in [0.25, 0.3) is 0 Å². The Morgan fingerprint density at radius 2 is 1.91 bits per heavy atom. The molecule has 0 saturated heterocycles. The van der Waals surface area contributed by atoms with Crippen molar-refractivity contribution in [2.45, 2.75) is 40.5 Å². The number of nitrogens with zero attached hydrogens (tertiary/aromatic N) is 3. The average Bonchev–Trinajstić information content (AvgIpc) is 2.53. The van der Waals surface area contributed by atoms with Gasteiger partial charge in [-0.15, -0.1) is 13.2 Å². The van der Waals surface area contributed by atoms with E-state index in [1.54, 1.807) is 18.1 Å². The number of pyridine rings is 1. The maximum absolute atomic E-state index is 12.4. The summed E-state index contributed by atoms with van der Waals surface area (Å²) in [6.45, 7) is 19.5. The van der Waals surface area contributed by atoms with Gasteiger partial charge in [0.05, 0.1) is 11.4 Å². The zero-order valence-corrected chi connectivity index (χ0v) is 15.1. The van der Waals surface area contributed by atoms with Gasteiger partial charge in [0.25, 0.3) is 0 Å². The van der Waals surface area contributed by atoms with E-state index in [-0.39, 0.29) is 11.9 Å². The van der Waals surface area contributed by atoms with Crippen molar-refractivity contribution < 1.29 is 4.79 Å². The monoisotopic (exact) mass is 316 g/mol. The lowest BCUT2D eigenvalue weighted by Crippen LogP contribution is -2.38. The van der Waals surface area contributed by atoms with Crippen LogP contribution in [0.4, 0.5) is 10.5 Å². The largest absolute Gasteiger partial charge is 0.340 e. The molecule has 23 heavy (non-hydrogen) atoms. The molecule has 126 valence electrons. The second-order valence-corrected chi connectivity index (χ2v) is 5.39. The quantitative estimate of drug-likeness (QED) is 0.660. The van der Waals surface area contributed by atoms with Crippen LogP contribution in [-0.4, -0.2) is 24.8 Å². The summed E-state index contributed by atoms with van der Waals surface area (Å²) in [6.07, 6.45) is 1.76. The van der Waals surface area contributed by atoms with Gasteiger partial charge in [-0.3, -0.25) is 4.98 Å². The van der Waals surface area contributed by atoms with Crippen molar-refractivity contribution in [3.63, 3.8) is 0 Å². The van der Waals surface area contributed by atoms with Crippen LogP contribution in [0, 0.1) is 6.92 Å². The van der Waals surface area contributed by atoms with Crippen LogP contribution in [0.15, 0.2) is 41.8 Å². The first-order valence-electron chi connectivity index (χ1n) is 7.46. The van der Waals surface area contributed by atoms with Gasteiger partial charge in [-0.05, 0) is 50.6 Å². The molecule has 2 amide bonds. The predicted molar refractivity (Wildman–Crippen MR) is 99.2 cm³/mol. The van der Waals surface area contributed by atoms with Gasteiger partial charge in [0, 0.05) is 13.2 Å². The number of allylic oxidation sites excluding steroid dienone is 1. The third kappa shape index (κ3) is 4.77. The number of aryl methyl sites for hydroxylation is 1. The number of aromatic nitrogens is 1. The maximum Gasteiger partial charge on any atom is 0.327 e. The van der Waals surface area contributed by atoms with E-state index in [0.717, 1.165) is 22.5 Å². The number of nitrogens with one attached hydrogen (secondary N) is 1. The molecule has 0 aliphatic carbocycles. The van der Waals surface area contributed by atoms with E-state index in [9.17, 15) is 4.79 Å². The number of urea groups is 1. The highest BCUT2D eigenvalue weighted by atomic mass is 16.2. The fourth-order valence-electron chi connectivity index (χ4n) is 2.15. The van der Waals surface area contributed by atoms with Crippen LogP contribution in [0.1, 0.15) is 44.9 Å². The van der Waals surface area contributed by atoms with E-state index < -0.39 is 0 Å². The Hall–Kier alpha value is -2.43. The second kappa shape index (κ2) is 9.56. The summed E-state index contributed by atoms with van der Waals surface area (Å²) in [7, 11) is 1.60. The van der Waals surface area contributed by atoms with Crippen LogP contribution in [0.2, 0.25) is 0 Å². The summed E-state index contributed by atoms with van der Waals surface area (Å²) in [5, 5.41) is 2.66. The third-order valence-corrected chi connectivity index (χ3v) is 3.15. The lowest BCUT2D eigenvalue weighted by atomic mass is 10.0. The minimum atomic E-state index is -0.253. The van der Waals surface area contributed by atoms with Crippen LogP contribution in [0.3, 0.4) is 0 Å². The van der Waals surface area contributed by atoms with Gasteiger partial charge in [0.15, 0.2) is 0 Å². The first-order chi connectivity index (χ1) is 10.8. The van der Waals surface area contributed by atoms with Crippen molar-refractivity contribution >= 4 is 18.4 Å². The van der Waals surface area contributed by atoms with Crippen molar-refractivity contribution in [3.8, 4) is 0 Å². The third-order valence-electron chi connectivity index (χ3n) is 3.15. The Morgan fingerprint density at radius 1 is 1.35 bits per heavy atom. The lowest BCUT2D eigenvalue weighted by molar-refractivity contribution is 0.249. The summed E-state index contributed by atoms with van der Waals surface area (Å²) >= 11 is 0. The van der Waals surface area contributed by atoms with Gasteiger partial charge in [-0.1, -0.05) is 13.8 Å². The molecular weight excluding hydrogens is 288 g/mol. The number of anilines is 1. The van der Waals surface area contributed by atoms with Gasteiger partial charge in [-0.25, -0.2) is 14.7 Å². The molecule has 0 aliphatic rings. The SMILES string of the molecule is C=C.C=NC(=C(C)C)N(C(=O)NC)c1c(C)ccnc1C(C)C. The molecule has 0 bridgehead atoms. The summed E-state index contributed by atoms with van der Waals surface area (Å²) in [5.41, 5.74) is 3.52. The van der Waals surface area contributed by atoms with E-state index in [4.69, 9.17) is 0 Å². The Bertz CT molecular complexity index is 587. The molecule has 1 aromatic rings. The highest BCUT2D eigenvalue weighted by Crippen LogP contribution is 2.32. The molecule has 1 rings (SSSR count). The van der Waals surface area contributed by atoms with Crippen LogP contribution in [-0.2, 0) is 0 Å². The molecule has 0 spiro atoms. The molecular formula is C18H28N4O. The van der Waals surface area contributed by atoms with E-state index >= 15 is 0 Å². The first-order valence-corrected chi connectivity index (χ1v) is 7.46. The van der Waals surface area contributed by atoms with Crippen LogP contribution >= 0.6 is 0 Å². The number of amides is 2. The zero-order chi connectivity index (χ0) is 18.2. The van der Waals surface area contributed by atoms with Crippen molar-refractivity contribution in [1.29, 1.82) is 0 Å². The van der Waals surface area contributed by atoms with Crippen molar-refractivity contribution in [3.05, 3.63) is 48.1 Å². The number of hydrogen-bond donors (Lipinski definition) is 1. The molecule has 0 radical (unpaired) electrons. The molecule has 1 heterocycles. The normalized spacial score (nSPS) is 9.52. The Labute approximate surface area is 139 Å². The average molecular weight is 316 g/mol. The molecule has 0 unspecified atom stereocenters. The number of rotatable bonds is 4. The number of carbonyl (C=O) groups excluding carboxylic acids is 1. The Kier molecular flexibility index (Phi) is 8.55. The first kappa shape index (κ1) is 20.6. The van der Waals surface area contributed by atoms with E-state index in [2.05, 4.69) is 49.0 Å².